The maximum Gasteiger partial charge on any atom is 0.252 e. The Morgan fingerprint density at radius 3 is 2.32 bits per heavy atom. The SMILES string of the molecule is Cc1cccc(C(=O)N[C@H](c2ccccc2)c2nnc(-c3ccccc3)o2)c1. The number of nitrogens with zero attached hydrogens (tertiary/aromatic N) is 2. The lowest BCUT2D eigenvalue weighted by Crippen LogP contribution is -2.29. The topological polar surface area (TPSA) is 68.0 Å². The lowest BCUT2D eigenvalue weighted by atomic mass is 10.1. The predicted molar refractivity (Wildman–Crippen MR) is 107 cm³/mol. The molecule has 3 aromatic carbocycles. The van der Waals surface area contributed by atoms with Crippen LogP contribution in [0.1, 0.15) is 33.4 Å². The Morgan fingerprint density at radius 2 is 1.61 bits per heavy atom. The first-order valence-corrected chi connectivity index (χ1v) is 9.02. The molecule has 1 N–H and O–H groups in total. The average Bonchev–Trinajstić information content (AvgIpc) is 3.23. The molecule has 5 heteroatoms. The third-order valence-corrected chi connectivity index (χ3v) is 4.40. The van der Waals surface area contributed by atoms with E-state index in [0.717, 1.165) is 16.7 Å². The summed E-state index contributed by atoms with van der Waals surface area (Å²) in [6.45, 7) is 1.95. The number of carbonyl (C=O) groups is 1. The van der Waals surface area contributed by atoms with Crippen LogP contribution in [0.3, 0.4) is 0 Å². The minimum absolute atomic E-state index is 0.197. The molecule has 0 unspecified atom stereocenters. The Hall–Kier alpha value is -3.73. The van der Waals surface area contributed by atoms with Gasteiger partial charge in [0.15, 0.2) is 0 Å². The van der Waals surface area contributed by atoms with Gasteiger partial charge in [0.1, 0.15) is 6.04 Å². The summed E-state index contributed by atoms with van der Waals surface area (Å²) in [5, 5.41) is 11.4. The number of aromatic nitrogens is 2. The summed E-state index contributed by atoms with van der Waals surface area (Å²) in [6.07, 6.45) is 0. The number of nitrogens with one attached hydrogen (secondary N) is 1. The fourth-order valence-electron chi connectivity index (χ4n) is 2.98. The van der Waals surface area contributed by atoms with E-state index < -0.39 is 6.04 Å². The van der Waals surface area contributed by atoms with Crippen LogP contribution >= 0.6 is 0 Å². The molecular weight excluding hydrogens is 350 g/mol. The number of carbonyl (C=O) groups excluding carboxylic acids is 1. The maximum atomic E-state index is 12.8. The Morgan fingerprint density at radius 1 is 0.893 bits per heavy atom. The molecule has 0 radical (unpaired) electrons. The molecule has 5 nitrogen and oxygen atoms in total. The number of rotatable bonds is 5. The second-order valence-corrected chi connectivity index (χ2v) is 6.50. The minimum atomic E-state index is -0.542. The highest BCUT2D eigenvalue weighted by atomic mass is 16.4. The van der Waals surface area contributed by atoms with Crippen molar-refractivity contribution in [2.45, 2.75) is 13.0 Å². The standard InChI is InChI=1S/C23H19N3O2/c1-16-9-8-14-19(15-16)21(27)24-20(17-10-4-2-5-11-17)23-26-25-22(28-23)18-12-6-3-7-13-18/h2-15,20H,1H3,(H,24,27)/t20-/m1/s1. The van der Waals surface area contributed by atoms with Crippen LogP contribution in [0.15, 0.2) is 89.3 Å². The third kappa shape index (κ3) is 3.83. The quantitative estimate of drug-likeness (QED) is 0.560. The van der Waals surface area contributed by atoms with E-state index in [1.165, 1.54) is 0 Å². The normalized spacial score (nSPS) is 11.8. The molecule has 138 valence electrons. The predicted octanol–water partition coefficient (Wildman–Crippen LogP) is 4.56. The number of amides is 1. The van der Waals surface area contributed by atoms with Crippen LogP contribution in [0, 0.1) is 6.92 Å². The molecule has 0 aliphatic rings. The van der Waals surface area contributed by atoms with Crippen LogP contribution in [0.4, 0.5) is 0 Å². The van der Waals surface area contributed by atoms with Crippen molar-refractivity contribution in [1.82, 2.24) is 15.5 Å². The molecule has 0 aliphatic carbocycles. The molecule has 28 heavy (non-hydrogen) atoms. The van der Waals surface area contributed by atoms with Gasteiger partial charge in [-0.15, -0.1) is 10.2 Å². The first-order chi connectivity index (χ1) is 13.7. The summed E-state index contributed by atoms with van der Waals surface area (Å²) in [7, 11) is 0. The van der Waals surface area contributed by atoms with Gasteiger partial charge in [-0.3, -0.25) is 4.79 Å². The van der Waals surface area contributed by atoms with Crippen molar-refractivity contribution < 1.29 is 9.21 Å². The lowest BCUT2D eigenvalue weighted by molar-refractivity contribution is 0.0938. The van der Waals surface area contributed by atoms with E-state index in [1.807, 2.05) is 85.8 Å². The largest absolute Gasteiger partial charge is 0.418 e. The van der Waals surface area contributed by atoms with Gasteiger partial charge < -0.3 is 9.73 Å². The van der Waals surface area contributed by atoms with E-state index in [-0.39, 0.29) is 5.91 Å². The zero-order valence-corrected chi connectivity index (χ0v) is 15.4. The summed E-state index contributed by atoms with van der Waals surface area (Å²) >= 11 is 0. The third-order valence-electron chi connectivity index (χ3n) is 4.40. The van der Waals surface area contributed by atoms with E-state index in [4.69, 9.17) is 4.42 Å². The number of benzene rings is 3. The molecule has 1 aromatic heterocycles. The number of hydrogen-bond donors (Lipinski definition) is 1. The first-order valence-electron chi connectivity index (χ1n) is 9.02. The smallest absolute Gasteiger partial charge is 0.252 e. The Kier molecular flexibility index (Phi) is 4.97. The second kappa shape index (κ2) is 7.88. The van der Waals surface area contributed by atoms with Gasteiger partial charge in [-0.05, 0) is 36.8 Å². The van der Waals surface area contributed by atoms with Crippen molar-refractivity contribution in [1.29, 1.82) is 0 Å². The Balaban J connectivity index is 1.67. The average molecular weight is 369 g/mol. The van der Waals surface area contributed by atoms with Gasteiger partial charge in [-0.2, -0.15) is 0 Å². The van der Waals surface area contributed by atoms with Crippen molar-refractivity contribution in [3.63, 3.8) is 0 Å². The zero-order valence-electron chi connectivity index (χ0n) is 15.4. The highest BCUT2D eigenvalue weighted by Gasteiger charge is 2.24. The van der Waals surface area contributed by atoms with E-state index in [9.17, 15) is 4.79 Å². The fraction of sp³-hybridized carbons (Fsp3) is 0.0870. The Bertz CT molecular complexity index is 1080. The van der Waals surface area contributed by atoms with Gasteiger partial charge in [0.2, 0.25) is 11.8 Å². The lowest BCUT2D eigenvalue weighted by Gasteiger charge is -2.16. The molecule has 4 aromatic rings. The van der Waals surface area contributed by atoms with Crippen LogP contribution in [0.2, 0.25) is 0 Å². The summed E-state index contributed by atoms with van der Waals surface area (Å²) < 4.78 is 5.91. The van der Waals surface area contributed by atoms with Gasteiger partial charge in [0.05, 0.1) is 0 Å². The van der Waals surface area contributed by atoms with Crippen molar-refractivity contribution in [2.75, 3.05) is 0 Å². The van der Waals surface area contributed by atoms with Gasteiger partial charge in [-0.25, -0.2) is 0 Å². The molecule has 0 bridgehead atoms. The molecule has 0 fully saturated rings. The second-order valence-electron chi connectivity index (χ2n) is 6.50. The van der Waals surface area contributed by atoms with Crippen LogP contribution in [0.5, 0.6) is 0 Å². The molecule has 1 heterocycles. The molecular formula is C23H19N3O2. The van der Waals surface area contributed by atoms with Crippen molar-refractivity contribution >= 4 is 5.91 Å². The molecule has 1 amide bonds. The van der Waals surface area contributed by atoms with Crippen LogP contribution in [-0.2, 0) is 0 Å². The van der Waals surface area contributed by atoms with E-state index >= 15 is 0 Å². The summed E-state index contributed by atoms with van der Waals surface area (Å²) in [6, 6.07) is 26.1. The summed E-state index contributed by atoms with van der Waals surface area (Å²) in [4.78, 5) is 12.8. The van der Waals surface area contributed by atoms with Crippen LogP contribution < -0.4 is 5.32 Å². The molecule has 4 rings (SSSR count). The molecule has 0 saturated carbocycles. The van der Waals surface area contributed by atoms with Crippen LogP contribution in [0.25, 0.3) is 11.5 Å². The fourth-order valence-corrected chi connectivity index (χ4v) is 2.98. The zero-order chi connectivity index (χ0) is 19.3. The maximum absolute atomic E-state index is 12.8. The van der Waals surface area contributed by atoms with E-state index in [1.54, 1.807) is 6.07 Å². The highest BCUT2D eigenvalue weighted by Crippen LogP contribution is 2.25. The minimum Gasteiger partial charge on any atom is -0.418 e. The van der Waals surface area contributed by atoms with Crippen molar-refractivity contribution in [3.8, 4) is 11.5 Å². The molecule has 0 saturated heterocycles. The number of aryl methyl sites for hydroxylation is 1. The summed E-state index contributed by atoms with van der Waals surface area (Å²) in [5.74, 6) is 0.560. The van der Waals surface area contributed by atoms with Crippen molar-refractivity contribution in [3.05, 3.63) is 108 Å². The monoisotopic (exact) mass is 369 g/mol. The van der Waals surface area contributed by atoms with Gasteiger partial charge in [0.25, 0.3) is 5.91 Å². The van der Waals surface area contributed by atoms with E-state index in [0.29, 0.717) is 17.3 Å². The highest BCUT2D eigenvalue weighted by molar-refractivity contribution is 5.94. The molecule has 1 atom stereocenters. The van der Waals surface area contributed by atoms with Crippen molar-refractivity contribution in [2.24, 2.45) is 0 Å². The Labute approximate surface area is 163 Å². The van der Waals surface area contributed by atoms with Gasteiger partial charge in [0, 0.05) is 11.1 Å². The molecule has 0 spiro atoms. The first kappa shape index (κ1) is 17.7. The van der Waals surface area contributed by atoms with Crippen LogP contribution in [-0.4, -0.2) is 16.1 Å². The number of hydrogen-bond acceptors (Lipinski definition) is 4. The molecule has 0 aliphatic heterocycles. The van der Waals surface area contributed by atoms with Gasteiger partial charge in [-0.1, -0.05) is 66.2 Å². The summed E-state index contributed by atoms with van der Waals surface area (Å²) in [5.41, 5.74) is 3.31. The van der Waals surface area contributed by atoms with E-state index in [2.05, 4.69) is 15.5 Å². The van der Waals surface area contributed by atoms with Gasteiger partial charge >= 0.3 is 0 Å².